The molecule has 1 atom stereocenters. The number of rotatable bonds is 9. The Hall–Kier alpha value is -3.04. The molecule has 0 saturated heterocycles. The van der Waals surface area contributed by atoms with Gasteiger partial charge in [-0.15, -0.1) is 5.10 Å². The zero-order valence-electron chi connectivity index (χ0n) is 17.2. The van der Waals surface area contributed by atoms with Crippen molar-refractivity contribution in [2.45, 2.75) is 17.9 Å². The summed E-state index contributed by atoms with van der Waals surface area (Å²) in [5, 5.41) is 6.99. The fourth-order valence-corrected chi connectivity index (χ4v) is 3.43. The predicted molar refractivity (Wildman–Crippen MR) is 112 cm³/mol. The Bertz CT molecular complexity index is 1090. The number of H-pyrrole nitrogens is 1. The zero-order chi connectivity index (χ0) is 21.7. The minimum atomic E-state index is -3.27. The Morgan fingerprint density at radius 2 is 1.70 bits per heavy atom. The second-order valence-electron chi connectivity index (χ2n) is 6.75. The summed E-state index contributed by atoms with van der Waals surface area (Å²) in [4.78, 5) is 0.227. The van der Waals surface area contributed by atoms with Gasteiger partial charge in [-0.3, -0.25) is 5.10 Å². The van der Waals surface area contributed by atoms with Gasteiger partial charge in [0.15, 0.2) is 9.84 Å². The highest BCUT2D eigenvalue weighted by Gasteiger charge is 2.12. The van der Waals surface area contributed by atoms with Crippen LogP contribution in [0, 0.1) is 0 Å². The lowest BCUT2D eigenvalue weighted by molar-refractivity contribution is 0.0920. The summed E-state index contributed by atoms with van der Waals surface area (Å²) in [7, 11) is -0.116. The number of aromatic nitrogens is 2. The third-order valence-electron chi connectivity index (χ3n) is 4.18. The minimum absolute atomic E-state index is 0.163. The molecule has 30 heavy (non-hydrogen) atoms. The van der Waals surface area contributed by atoms with Gasteiger partial charge in [0, 0.05) is 31.1 Å². The molecule has 0 amide bonds. The summed E-state index contributed by atoms with van der Waals surface area (Å²) in [6, 6.07) is 13.4. The van der Waals surface area contributed by atoms with Gasteiger partial charge in [-0.05, 0) is 43.3 Å². The Balaban J connectivity index is 1.92. The lowest BCUT2D eigenvalue weighted by Gasteiger charge is -2.16. The van der Waals surface area contributed by atoms with Crippen LogP contribution in [0.5, 0.6) is 23.1 Å². The minimum Gasteiger partial charge on any atom is -0.488 e. The monoisotopic (exact) mass is 432 g/mol. The SMILES string of the molecule is COCC(C)Oc1cc(Oc2ccc(S(C)(=O)=O)cc2)cc(-c2cc(OC)n[nH]2)c1. The molecule has 0 aliphatic heterocycles. The number of sulfone groups is 1. The molecule has 8 nitrogen and oxygen atoms in total. The fourth-order valence-electron chi connectivity index (χ4n) is 2.80. The average Bonchev–Trinajstić information content (AvgIpc) is 3.17. The summed E-state index contributed by atoms with van der Waals surface area (Å²) < 4.78 is 45.5. The Morgan fingerprint density at radius 1 is 1.00 bits per heavy atom. The number of nitrogens with one attached hydrogen (secondary N) is 1. The molecular weight excluding hydrogens is 408 g/mol. The molecule has 0 bridgehead atoms. The van der Waals surface area contributed by atoms with Gasteiger partial charge in [0.05, 0.1) is 24.3 Å². The highest BCUT2D eigenvalue weighted by Crippen LogP contribution is 2.33. The standard InChI is InChI=1S/C21H24N2O6S/c1-14(13-26-2)28-17-9-15(20-12-21(27-3)23-22-20)10-18(11-17)29-16-5-7-19(8-6-16)30(4,24)25/h5-12,14H,13H2,1-4H3,(H,22,23). The Kier molecular flexibility index (Phi) is 6.63. The van der Waals surface area contributed by atoms with Crippen LogP contribution in [0.15, 0.2) is 53.4 Å². The van der Waals surface area contributed by atoms with Gasteiger partial charge in [0.25, 0.3) is 0 Å². The first-order valence-corrected chi connectivity index (χ1v) is 11.1. The largest absolute Gasteiger partial charge is 0.488 e. The molecule has 3 aromatic rings. The molecule has 0 spiro atoms. The number of ether oxygens (including phenoxy) is 4. The van der Waals surface area contributed by atoms with Crippen molar-refractivity contribution in [2.24, 2.45) is 0 Å². The van der Waals surface area contributed by atoms with Crippen LogP contribution in [0.4, 0.5) is 0 Å². The van der Waals surface area contributed by atoms with E-state index < -0.39 is 9.84 Å². The normalized spacial score (nSPS) is 12.4. The average molecular weight is 432 g/mol. The van der Waals surface area contributed by atoms with Gasteiger partial charge in [-0.25, -0.2) is 8.42 Å². The maximum absolute atomic E-state index is 11.6. The van der Waals surface area contributed by atoms with Crippen LogP contribution in [0.2, 0.25) is 0 Å². The van der Waals surface area contributed by atoms with E-state index in [9.17, 15) is 8.42 Å². The maximum Gasteiger partial charge on any atom is 0.232 e. The van der Waals surface area contributed by atoms with E-state index in [2.05, 4.69) is 10.2 Å². The predicted octanol–water partition coefficient (Wildman–Crippen LogP) is 3.69. The second kappa shape index (κ2) is 9.19. The number of benzene rings is 2. The molecule has 0 fully saturated rings. The lowest BCUT2D eigenvalue weighted by atomic mass is 10.1. The van der Waals surface area contributed by atoms with Crippen molar-refractivity contribution in [3.63, 3.8) is 0 Å². The quantitative estimate of drug-likeness (QED) is 0.550. The molecule has 9 heteroatoms. The molecule has 0 aliphatic carbocycles. The molecule has 1 N–H and O–H groups in total. The molecule has 1 aromatic heterocycles. The van der Waals surface area contributed by atoms with E-state index in [0.717, 1.165) is 17.5 Å². The summed E-state index contributed by atoms with van der Waals surface area (Å²) in [6.07, 6.45) is 0.999. The number of hydrogen-bond donors (Lipinski definition) is 1. The van der Waals surface area contributed by atoms with Crippen LogP contribution in [-0.4, -0.2) is 51.8 Å². The molecule has 3 rings (SSSR count). The van der Waals surface area contributed by atoms with Crippen molar-refractivity contribution in [1.29, 1.82) is 0 Å². The third-order valence-corrected chi connectivity index (χ3v) is 5.31. The first kappa shape index (κ1) is 21.7. The molecule has 0 saturated carbocycles. The van der Waals surface area contributed by atoms with Crippen LogP contribution < -0.4 is 14.2 Å². The number of aromatic amines is 1. The lowest BCUT2D eigenvalue weighted by Crippen LogP contribution is -2.17. The summed E-state index contributed by atoms with van der Waals surface area (Å²) in [6.45, 7) is 2.34. The molecule has 0 aliphatic rings. The van der Waals surface area contributed by atoms with Crippen LogP contribution in [-0.2, 0) is 14.6 Å². The summed E-state index contributed by atoms with van der Waals surface area (Å²) in [5.74, 6) is 2.07. The maximum atomic E-state index is 11.6. The molecule has 1 heterocycles. The highest BCUT2D eigenvalue weighted by atomic mass is 32.2. The van der Waals surface area contributed by atoms with E-state index >= 15 is 0 Å². The van der Waals surface area contributed by atoms with Gasteiger partial charge in [-0.1, -0.05) is 0 Å². The van der Waals surface area contributed by atoms with Gasteiger partial charge < -0.3 is 18.9 Å². The van der Waals surface area contributed by atoms with Crippen LogP contribution in [0.3, 0.4) is 0 Å². The van der Waals surface area contributed by atoms with Crippen molar-refractivity contribution >= 4 is 9.84 Å². The molecule has 160 valence electrons. The van der Waals surface area contributed by atoms with Gasteiger partial charge >= 0.3 is 0 Å². The zero-order valence-corrected chi connectivity index (χ0v) is 18.0. The van der Waals surface area contributed by atoms with E-state index in [1.54, 1.807) is 38.5 Å². The van der Waals surface area contributed by atoms with Crippen LogP contribution >= 0.6 is 0 Å². The van der Waals surface area contributed by atoms with Crippen LogP contribution in [0.1, 0.15) is 6.92 Å². The first-order chi connectivity index (χ1) is 14.3. The number of nitrogens with zero attached hydrogens (tertiary/aromatic N) is 1. The molecule has 2 aromatic carbocycles. The van der Waals surface area contributed by atoms with Gasteiger partial charge in [0.1, 0.15) is 23.4 Å². The summed E-state index contributed by atoms with van der Waals surface area (Å²) >= 11 is 0. The molecule has 1 unspecified atom stereocenters. The van der Waals surface area contributed by atoms with Crippen LogP contribution in [0.25, 0.3) is 11.3 Å². The second-order valence-corrected chi connectivity index (χ2v) is 8.76. The fraction of sp³-hybridized carbons (Fsp3) is 0.286. The third kappa shape index (κ3) is 5.52. The molecule has 0 radical (unpaired) electrons. The number of hydrogen-bond acceptors (Lipinski definition) is 7. The summed E-state index contributed by atoms with van der Waals surface area (Å²) in [5.41, 5.74) is 1.52. The Labute approximate surface area is 175 Å². The van der Waals surface area contributed by atoms with E-state index in [0.29, 0.717) is 29.7 Å². The molecular formula is C21H24N2O6S. The first-order valence-electron chi connectivity index (χ1n) is 9.17. The number of methoxy groups -OCH3 is 2. The van der Waals surface area contributed by atoms with Gasteiger partial charge in [0.2, 0.25) is 5.88 Å². The van der Waals surface area contributed by atoms with Crippen molar-refractivity contribution < 1.29 is 27.4 Å². The van der Waals surface area contributed by atoms with Gasteiger partial charge in [-0.2, -0.15) is 0 Å². The van der Waals surface area contributed by atoms with E-state index in [-0.39, 0.29) is 11.0 Å². The topological polar surface area (TPSA) is 99.7 Å². The van der Waals surface area contributed by atoms with Crippen molar-refractivity contribution in [1.82, 2.24) is 10.2 Å². The van der Waals surface area contributed by atoms with E-state index in [1.807, 2.05) is 19.1 Å². The van der Waals surface area contributed by atoms with E-state index in [1.165, 1.54) is 12.1 Å². The Morgan fingerprint density at radius 3 is 2.30 bits per heavy atom. The van der Waals surface area contributed by atoms with Crippen molar-refractivity contribution in [2.75, 3.05) is 27.1 Å². The van der Waals surface area contributed by atoms with E-state index in [4.69, 9.17) is 18.9 Å². The highest BCUT2D eigenvalue weighted by molar-refractivity contribution is 7.90. The van der Waals surface area contributed by atoms with Crippen molar-refractivity contribution in [3.8, 4) is 34.4 Å². The van der Waals surface area contributed by atoms with Crippen molar-refractivity contribution in [3.05, 3.63) is 48.5 Å². The smallest absolute Gasteiger partial charge is 0.232 e.